The Labute approximate surface area is 201 Å². The zero-order chi connectivity index (χ0) is 23.7. The van der Waals surface area contributed by atoms with Gasteiger partial charge < -0.3 is 9.30 Å². The van der Waals surface area contributed by atoms with Gasteiger partial charge in [-0.15, -0.1) is 0 Å². The highest BCUT2D eigenvalue weighted by Crippen LogP contribution is 2.28. The minimum atomic E-state index is 0.174. The highest BCUT2D eigenvalue weighted by molar-refractivity contribution is 5.82. The lowest BCUT2D eigenvalue weighted by Gasteiger charge is -2.34. The van der Waals surface area contributed by atoms with Crippen molar-refractivity contribution in [2.24, 2.45) is 0 Å². The van der Waals surface area contributed by atoms with Crippen LogP contribution in [-0.4, -0.2) is 51.3 Å². The number of rotatable bonds is 5. The number of aryl methyl sites for hydroxylation is 3. The molecule has 4 aromatic rings. The molecule has 0 atom stereocenters. The first-order valence-electron chi connectivity index (χ1n) is 12.1. The monoisotopic (exact) mass is 452 g/mol. The van der Waals surface area contributed by atoms with Gasteiger partial charge >= 0.3 is 0 Å². The van der Waals surface area contributed by atoms with E-state index in [4.69, 9.17) is 4.98 Å². The third-order valence-electron chi connectivity index (χ3n) is 7.02. The molecule has 1 aliphatic rings. The summed E-state index contributed by atoms with van der Waals surface area (Å²) in [6.07, 6.45) is 2.38. The molecule has 0 aliphatic carbocycles. The van der Waals surface area contributed by atoms with Gasteiger partial charge in [0.25, 0.3) is 0 Å². The topological polar surface area (TPSA) is 40.9 Å². The molecule has 0 unspecified atom stereocenters. The van der Waals surface area contributed by atoms with Crippen LogP contribution < -0.4 is 0 Å². The van der Waals surface area contributed by atoms with Gasteiger partial charge in [0, 0.05) is 44.5 Å². The van der Waals surface area contributed by atoms with Crippen molar-refractivity contribution in [1.29, 1.82) is 0 Å². The molecular weight excluding hydrogens is 420 g/mol. The predicted molar refractivity (Wildman–Crippen MR) is 137 cm³/mol. The molecule has 0 saturated carbocycles. The molecule has 3 heterocycles. The SMILES string of the molecule is Cc1ccc(-c2nc3c(C)cccn3c2CC(=O)N2CCN(Cc3ccccc3)CC2)cc1C. The Morgan fingerprint density at radius 3 is 2.35 bits per heavy atom. The Bertz CT molecular complexity index is 1320. The van der Waals surface area contributed by atoms with E-state index >= 15 is 0 Å². The first kappa shape index (κ1) is 22.4. The first-order chi connectivity index (χ1) is 16.5. The summed E-state index contributed by atoms with van der Waals surface area (Å²) >= 11 is 0. The molecule has 5 rings (SSSR count). The molecule has 1 saturated heterocycles. The van der Waals surface area contributed by atoms with Crippen molar-refractivity contribution >= 4 is 11.6 Å². The molecule has 0 radical (unpaired) electrons. The number of carbonyl (C=O) groups excluding carboxylic acids is 1. The Balaban J connectivity index is 1.36. The highest BCUT2D eigenvalue weighted by Gasteiger charge is 2.24. The van der Waals surface area contributed by atoms with Gasteiger partial charge in [-0.3, -0.25) is 9.69 Å². The summed E-state index contributed by atoms with van der Waals surface area (Å²) in [6.45, 7) is 10.6. The van der Waals surface area contributed by atoms with Crippen LogP contribution in [0.2, 0.25) is 0 Å². The number of hydrogen-bond donors (Lipinski definition) is 0. The first-order valence-corrected chi connectivity index (χ1v) is 12.1. The molecule has 174 valence electrons. The smallest absolute Gasteiger partial charge is 0.228 e. The van der Waals surface area contributed by atoms with Gasteiger partial charge in [0.1, 0.15) is 5.65 Å². The second-order valence-corrected chi connectivity index (χ2v) is 9.41. The third-order valence-corrected chi connectivity index (χ3v) is 7.02. The van der Waals surface area contributed by atoms with Crippen molar-refractivity contribution in [3.63, 3.8) is 0 Å². The molecule has 5 nitrogen and oxygen atoms in total. The van der Waals surface area contributed by atoms with E-state index in [1.54, 1.807) is 0 Å². The van der Waals surface area contributed by atoms with Crippen LogP contribution in [0.4, 0.5) is 0 Å². The predicted octanol–water partition coefficient (Wildman–Crippen LogP) is 4.81. The number of carbonyl (C=O) groups is 1. The van der Waals surface area contributed by atoms with Gasteiger partial charge in [-0.05, 0) is 55.2 Å². The summed E-state index contributed by atoms with van der Waals surface area (Å²) in [5.74, 6) is 0.174. The van der Waals surface area contributed by atoms with E-state index in [9.17, 15) is 4.79 Å². The molecule has 0 spiro atoms. The fourth-order valence-electron chi connectivity index (χ4n) is 4.79. The van der Waals surface area contributed by atoms with Crippen molar-refractivity contribution in [3.8, 4) is 11.3 Å². The second-order valence-electron chi connectivity index (χ2n) is 9.41. The summed E-state index contributed by atoms with van der Waals surface area (Å²) < 4.78 is 2.10. The lowest BCUT2D eigenvalue weighted by molar-refractivity contribution is -0.132. The van der Waals surface area contributed by atoms with E-state index < -0.39 is 0 Å². The number of benzene rings is 2. The van der Waals surface area contributed by atoms with Gasteiger partial charge in [-0.1, -0.05) is 48.5 Å². The number of amides is 1. The zero-order valence-electron chi connectivity index (χ0n) is 20.3. The molecule has 2 aromatic carbocycles. The number of imidazole rings is 1. The quantitative estimate of drug-likeness (QED) is 0.436. The van der Waals surface area contributed by atoms with Gasteiger partial charge in [0.05, 0.1) is 17.8 Å². The van der Waals surface area contributed by atoms with Gasteiger partial charge in [0.15, 0.2) is 0 Å². The maximum absolute atomic E-state index is 13.4. The third kappa shape index (κ3) is 4.48. The minimum Gasteiger partial charge on any atom is -0.340 e. The number of fused-ring (bicyclic) bond motifs is 1. The van der Waals surface area contributed by atoms with Crippen LogP contribution in [0.5, 0.6) is 0 Å². The van der Waals surface area contributed by atoms with E-state index in [1.807, 2.05) is 23.2 Å². The van der Waals surface area contributed by atoms with Crippen LogP contribution in [0.25, 0.3) is 16.9 Å². The standard InChI is InChI=1S/C29H32N4O/c1-21-11-12-25(18-23(21)3)28-26(33-13-7-8-22(2)29(33)30-28)19-27(34)32-16-14-31(15-17-32)20-24-9-5-4-6-10-24/h4-13,18H,14-17,19-20H2,1-3H3. The van der Waals surface area contributed by atoms with Crippen LogP contribution >= 0.6 is 0 Å². The molecule has 1 fully saturated rings. The van der Waals surface area contributed by atoms with E-state index in [-0.39, 0.29) is 5.91 Å². The van der Waals surface area contributed by atoms with Crippen LogP contribution in [0.15, 0.2) is 66.9 Å². The minimum absolute atomic E-state index is 0.174. The normalized spacial score (nSPS) is 14.6. The van der Waals surface area contributed by atoms with Crippen LogP contribution in [0, 0.1) is 20.8 Å². The van der Waals surface area contributed by atoms with Crippen molar-refractivity contribution in [2.75, 3.05) is 26.2 Å². The average Bonchev–Trinajstić information content (AvgIpc) is 3.21. The fraction of sp³-hybridized carbons (Fsp3) is 0.310. The van der Waals surface area contributed by atoms with Crippen molar-refractivity contribution in [1.82, 2.24) is 19.2 Å². The Kier molecular flexibility index (Phi) is 6.20. The number of piperazine rings is 1. The van der Waals surface area contributed by atoms with Crippen LogP contribution in [0.3, 0.4) is 0 Å². The number of hydrogen-bond acceptors (Lipinski definition) is 3. The number of aromatic nitrogens is 2. The molecule has 0 N–H and O–H groups in total. The van der Waals surface area contributed by atoms with Gasteiger partial charge in [-0.25, -0.2) is 4.98 Å². The van der Waals surface area contributed by atoms with Crippen molar-refractivity contribution in [3.05, 3.63) is 94.8 Å². The maximum atomic E-state index is 13.4. The second kappa shape index (κ2) is 9.43. The van der Waals surface area contributed by atoms with E-state index in [0.29, 0.717) is 6.42 Å². The summed E-state index contributed by atoms with van der Waals surface area (Å²) in [5.41, 5.74) is 8.80. The van der Waals surface area contributed by atoms with Crippen LogP contribution in [-0.2, 0) is 17.8 Å². The average molecular weight is 453 g/mol. The Morgan fingerprint density at radius 1 is 0.853 bits per heavy atom. The Hall–Kier alpha value is -3.44. The molecule has 34 heavy (non-hydrogen) atoms. The summed E-state index contributed by atoms with van der Waals surface area (Å²) in [4.78, 5) is 22.9. The maximum Gasteiger partial charge on any atom is 0.228 e. The Morgan fingerprint density at radius 2 is 1.62 bits per heavy atom. The lowest BCUT2D eigenvalue weighted by Crippen LogP contribution is -2.48. The largest absolute Gasteiger partial charge is 0.340 e. The number of pyridine rings is 1. The highest BCUT2D eigenvalue weighted by atomic mass is 16.2. The lowest BCUT2D eigenvalue weighted by atomic mass is 10.0. The van der Waals surface area contributed by atoms with Crippen molar-refractivity contribution in [2.45, 2.75) is 33.7 Å². The summed E-state index contributed by atoms with van der Waals surface area (Å²) in [7, 11) is 0. The molecule has 1 amide bonds. The summed E-state index contributed by atoms with van der Waals surface area (Å²) in [5, 5.41) is 0. The van der Waals surface area contributed by atoms with Crippen LogP contribution in [0.1, 0.15) is 27.9 Å². The van der Waals surface area contributed by atoms with Crippen molar-refractivity contribution < 1.29 is 4.79 Å². The number of nitrogens with zero attached hydrogens (tertiary/aromatic N) is 4. The molecule has 1 aliphatic heterocycles. The van der Waals surface area contributed by atoms with Gasteiger partial charge in [-0.2, -0.15) is 0 Å². The summed E-state index contributed by atoms with van der Waals surface area (Å²) in [6, 6.07) is 21.1. The molecule has 5 heteroatoms. The molecule has 0 bridgehead atoms. The van der Waals surface area contributed by atoms with E-state index in [1.165, 1.54) is 16.7 Å². The van der Waals surface area contributed by atoms with Gasteiger partial charge in [0.2, 0.25) is 5.91 Å². The van der Waals surface area contributed by atoms with E-state index in [2.05, 4.69) is 78.6 Å². The molecule has 2 aromatic heterocycles. The fourth-order valence-corrected chi connectivity index (χ4v) is 4.79. The zero-order valence-corrected chi connectivity index (χ0v) is 20.3. The molecular formula is C29H32N4O. The van der Waals surface area contributed by atoms with E-state index in [0.717, 1.165) is 60.9 Å².